The van der Waals surface area contributed by atoms with Gasteiger partial charge in [0.1, 0.15) is 5.15 Å². The van der Waals surface area contributed by atoms with Gasteiger partial charge in [0.05, 0.1) is 11.1 Å². The van der Waals surface area contributed by atoms with E-state index >= 15 is 0 Å². The molecule has 8 heteroatoms. The number of halogens is 1. The van der Waals surface area contributed by atoms with Gasteiger partial charge in [0.2, 0.25) is 5.95 Å². The van der Waals surface area contributed by atoms with Gasteiger partial charge in [-0.25, -0.2) is 4.98 Å². The van der Waals surface area contributed by atoms with Crippen LogP contribution in [0.4, 0.5) is 11.8 Å². The predicted octanol–water partition coefficient (Wildman–Crippen LogP) is 3.48. The first kappa shape index (κ1) is 19.9. The molecule has 4 N–H and O–H groups in total. The summed E-state index contributed by atoms with van der Waals surface area (Å²) in [5.41, 5.74) is 7.69. The van der Waals surface area contributed by atoms with E-state index in [1.165, 1.54) is 0 Å². The Kier molecular flexibility index (Phi) is 4.70. The zero-order valence-corrected chi connectivity index (χ0v) is 18.0. The molecule has 4 rings (SSSR count). The molecular weight excluding hydrogens is 388 g/mol. The van der Waals surface area contributed by atoms with Crippen molar-refractivity contribution in [3.63, 3.8) is 0 Å². The van der Waals surface area contributed by atoms with E-state index < -0.39 is 0 Å². The number of anilines is 2. The molecule has 1 saturated heterocycles. The number of aromatic amines is 1. The molecule has 1 amide bonds. The Morgan fingerprint density at radius 3 is 2.59 bits per heavy atom. The smallest absolute Gasteiger partial charge is 0.260 e. The summed E-state index contributed by atoms with van der Waals surface area (Å²) in [5, 5.41) is 3.89. The highest BCUT2D eigenvalue weighted by atomic mass is 35.5. The molecule has 2 aromatic rings. The van der Waals surface area contributed by atoms with Crippen LogP contribution in [0.15, 0.2) is 18.3 Å². The van der Waals surface area contributed by atoms with Crippen LogP contribution >= 0.6 is 11.6 Å². The average Bonchev–Trinajstić information content (AvgIpc) is 3.15. The largest absolute Gasteiger partial charge is 0.368 e. The molecule has 0 spiro atoms. The molecule has 0 aliphatic carbocycles. The summed E-state index contributed by atoms with van der Waals surface area (Å²) in [6.07, 6.45) is 5.52. The molecule has 1 fully saturated rings. The third-order valence-electron chi connectivity index (χ3n) is 5.50. The molecule has 7 nitrogen and oxygen atoms in total. The highest BCUT2D eigenvalue weighted by molar-refractivity contribution is 6.41. The summed E-state index contributed by atoms with van der Waals surface area (Å²) < 4.78 is 0. The summed E-state index contributed by atoms with van der Waals surface area (Å²) in [6, 6.07) is 3.78. The SMILES string of the molecule is CC1(C)CC(CN2C(=O)C(=Cc3ccc[nH]3)c3c(Cl)nc(N)nc32)CC(C)(C)N1. The average molecular weight is 415 g/mol. The fraction of sp³-hybridized carbons (Fsp3) is 0.476. The molecule has 0 saturated carbocycles. The minimum atomic E-state index is -0.120. The lowest BCUT2D eigenvalue weighted by Crippen LogP contribution is -2.59. The molecule has 29 heavy (non-hydrogen) atoms. The fourth-order valence-electron chi connectivity index (χ4n) is 5.03. The molecule has 154 valence electrons. The number of hydrogen-bond donors (Lipinski definition) is 3. The van der Waals surface area contributed by atoms with E-state index in [2.05, 4.69) is 48.0 Å². The number of nitrogen functional groups attached to an aromatic ring is 1. The van der Waals surface area contributed by atoms with Crippen LogP contribution in [0.5, 0.6) is 0 Å². The predicted molar refractivity (Wildman–Crippen MR) is 116 cm³/mol. The molecule has 0 unspecified atom stereocenters. The standard InChI is InChI=1S/C21H27ClN6O/c1-20(2)9-12(10-21(3,4)27-20)11-28-17-15(16(22)25-19(23)26-17)14(18(28)29)8-13-6-5-7-24-13/h5-8,12,24,27H,9-11H2,1-4H3,(H2,23,25,26). The fourth-order valence-corrected chi connectivity index (χ4v) is 5.30. The molecule has 0 bridgehead atoms. The minimum absolute atomic E-state index is 0.0106. The molecule has 2 aliphatic rings. The van der Waals surface area contributed by atoms with Crippen molar-refractivity contribution >= 4 is 40.9 Å². The Balaban J connectivity index is 1.73. The maximum Gasteiger partial charge on any atom is 0.260 e. The van der Waals surface area contributed by atoms with Gasteiger partial charge in [-0.3, -0.25) is 9.69 Å². The second kappa shape index (κ2) is 6.85. The number of nitrogens with one attached hydrogen (secondary N) is 2. The number of piperidine rings is 1. The molecule has 2 aromatic heterocycles. The van der Waals surface area contributed by atoms with Crippen LogP contribution < -0.4 is 16.0 Å². The molecule has 0 radical (unpaired) electrons. The minimum Gasteiger partial charge on any atom is -0.368 e. The van der Waals surface area contributed by atoms with Crippen LogP contribution in [0.2, 0.25) is 5.15 Å². The van der Waals surface area contributed by atoms with Crippen LogP contribution in [0.3, 0.4) is 0 Å². The zero-order chi connectivity index (χ0) is 21.0. The molecule has 2 aliphatic heterocycles. The molecule has 4 heterocycles. The van der Waals surface area contributed by atoms with E-state index in [1.54, 1.807) is 11.0 Å². The topological polar surface area (TPSA) is 99.9 Å². The lowest BCUT2D eigenvalue weighted by atomic mass is 9.76. The quantitative estimate of drug-likeness (QED) is 0.527. The van der Waals surface area contributed by atoms with E-state index in [4.69, 9.17) is 17.3 Å². The Morgan fingerprint density at radius 1 is 1.28 bits per heavy atom. The van der Waals surface area contributed by atoms with Gasteiger partial charge < -0.3 is 16.0 Å². The van der Waals surface area contributed by atoms with Crippen molar-refractivity contribution in [3.8, 4) is 0 Å². The van der Waals surface area contributed by atoms with Gasteiger partial charge in [-0.2, -0.15) is 4.98 Å². The number of nitrogens with zero attached hydrogens (tertiary/aromatic N) is 3. The maximum atomic E-state index is 13.4. The summed E-state index contributed by atoms with van der Waals surface area (Å²) in [7, 11) is 0. The highest BCUT2D eigenvalue weighted by Gasteiger charge is 2.42. The van der Waals surface area contributed by atoms with Gasteiger partial charge in [-0.05, 0) is 64.7 Å². The molecular formula is C21H27ClN6O. The first-order chi connectivity index (χ1) is 13.5. The van der Waals surface area contributed by atoms with E-state index in [-0.39, 0.29) is 28.1 Å². The monoisotopic (exact) mass is 414 g/mol. The number of hydrogen-bond acceptors (Lipinski definition) is 5. The van der Waals surface area contributed by atoms with Gasteiger partial charge >= 0.3 is 0 Å². The van der Waals surface area contributed by atoms with Crippen molar-refractivity contribution in [2.24, 2.45) is 5.92 Å². The maximum absolute atomic E-state index is 13.4. The lowest BCUT2D eigenvalue weighted by molar-refractivity contribution is -0.113. The summed E-state index contributed by atoms with van der Waals surface area (Å²) in [4.78, 5) is 26.7. The van der Waals surface area contributed by atoms with Gasteiger partial charge in [-0.15, -0.1) is 0 Å². The first-order valence-electron chi connectivity index (χ1n) is 9.84. The van der Waals surface area contributed by atoms with Crippen molar-refractivity contribution in [3.05, 3.63) is 34.7 Å². The normalized spacial score (nSPS) is 22.3. The first-order valence-corrected chi connectivity index (χ1v) is 10.2. The van der Waals surface area contributed by atoms with Gasteiger partial charge in [-0.1, -0.05) is 11.6 Å². The number of aromatic nitrogens is 3. The van der Waals surface area contributed by atoms with E-state index in [1.807, 2.05) is 18.3 Å². The van der Waals surface area contributed by atoms with Crippen LogP contribution in [0.25, 0.3) is 11.6 Å². The Hall–Kier alpha value is -2.38. The van der Waals surface area contributed by atoms with Gasteiger partial charge in [0.15, 0.2) is 5.82 Å². The van der Waals surface area contributed by atoms with Crippen LogP contribution in [-0.4, -0.2) is 38.5 Å². The van der Waals surface area contributed by atoms with Gasteiger partial charge in [0.25, 0.3) is 5.91 Å². The second-order valence-electron chi connectivity index (χ2n) is 9.34. The van der Waals surface area contributed by atoms with E-state index in [9.17, 15) is 4.79 Å². The third kappa shape index (κ3) is 3.89. The Bertz CT molecular complexity index is 963. The lowest BCUT2D eigenvalue weighted by Gasteiger charge is -2.47. The molecule has 0 atom stereocenters. The second-order valence-corrected chi connectivity index (χ2v) is 9.70. The van der Waals surface area contributed by atoms with Crippen molar-refractivity contribution in [1.82, 2.24) is 20.3 Å². The van der Waals surface area contributed by atoms with Crippen LogP contribution in [0.1, 0.15) is 51.8 Å². The van der Waals surface area contributed by atoms with Crippen molar-refractivity contribution in [1.29, 1.82) is 0 Å². The number of carbonyl (C=O) groups is 1. The number of amides is 1. The van der Waals surface area contributed by atoms with Crippen LogP contribution in [-0.2, 0) is 4.79 Å². The van der Waals surface area contributed by atoms with Gasteiger partial charge in [0, 0.05) is 29.5 Å². The van der Waals surface area contributed by atoms with E-state index in [0.29, 0.717) is 29.4 Å². The van der Waals surface area contributed by atoms with E-state index in [0.717, 1.165) is 18.5 Å². The summed E-state index contributed by atoms with van der Waals surface area (Å²) >= 11 is 6.40. The van der Waals surface area contributed by atoms with Crippen LogP contribution in [0, 0.1) is 5.92 Å². The number of carbonyl (C=O) groups excluding carboxylic acids is 1. The number of H-pyrrole nitrogens is 1. The Morgan fingerprint density at radius 2 is 1.97 bits per heavy atom. The number of fused-ring (bicyclic) bond motifs is 1. The summed E-state index contributed by atoms with van der Waals surface area (Å²) in [6.45, 7) is 9.38. The summed E-state index contributed by atoms with van der Waals surface area (Å²) in [5.74, 6) is 0.765. The Labute approximate surface area is 175 Å². The highest BCUT2D eigenvalue weighted by Crippen LogP contribution is 2.42. The van der Waals surface area contributed by atoms with Crippen molar-refractivity contribution < 1.29 is 4.79 Å². The third-order valence-corrected chi connectivity index (χ3v) is 5.77. The van der Waals surface area contributed by atoms with Crippen molar-refractivity contribution in [2.45, 2.75) is 51.6 Å². The van der Waals surface area contributed by atoms with Crippen molar-refractivity contribution in [2.75, 3.05) is 17.2 Å². The zero-order valence-electron chi connectivity index (χ0n) is 17.2. The number of nitrogens with two attached hydrogens (primary N) is 1. The molecule has 0 aromatic carbocycles. The number of rotatable bonds is 3.